The molecule has 130 valence electrons. The van der Waals surface area contributed by atoms with Crippen LogP contribution in [0.15, 0.2) is 52.5 Å². The summed E-state index contributed by atoms with van der Waals surface area (Å²) in [4.78, 5) is 16.2. The van der Waals surface area contributed by atoms with Crippen LogP contribution in [0, 0.1) is 0 Å². The zero-order chi connectivity index (χ0) is 17.9. The maximum atomic E-state index is 12.8. The molecule has 0 atom stereocenters. The van der Waals surface area contributed by atoms with Gasteiger partial charge in [0, 0.05) is 10.9 Å². The molecular weight excluding hydrogens is 353 g/mol. The van der Waals surface area contributed by atoms with E-state index in [1.165, 1.54) is 23.7 Å². The van der Waals surface area contributed by atoms with Crippen LogP contribution < -0.4 is 5.32 Å². The van der Waals surface area contributed by atoms with Crippen LogP contribution in [0.1, 0.15) is 16.3 Å². The van der Waals surface area contributed by atoms with Crippen LogP contribution in [0.2, 0.25) is 0 Å². The number of rotatable bonds is 5. The number of hydrogen-bond acceptors (Lipinski definition) is 4. The number of halogens is 3. The summed E-state index contributed by atoms with van der Waals surface area (Å²) >= 11 is 1.23. The normalized spacial score (nSPS) is 11.5. The van der Waals surface area contributed by atoms with Gasteiger partial charge in [0.1, 0.15) is 10.8 Å². The Labute approximate surface area is 145 Å². The first-order chi connectivity index (χ1) is 11.9. The number of aromatic nitrogens is 1. The molecule has 0 saturated carbocycles. The zero-order valence-electron chi connectivity index (χ0n) is 12.8. The molecule has 25 heavy (non-hydrogen) atoms. The summed E-state index contributed by atoms with van der Waals surface area (Å²) in [5.74, 6) is 0.401. The van der Waals surface area contributed by atoms with Crippen molar-refractivity contribution in [2.45, 2.75) is 19.1 Å². The van der Waals surface area contributed by atoms with Gasteiger partial charge in [0.15, 0.2) is 0 Å². The van der Waals surface area contributed by atoms with Gasteiger partial charge >= 0.3 is 6.18 Å². The van der Waals surface area contributed by atoms with Crippen molar-refractivity contribution < 1.29 is 22.4 Å². The minimum Gasteiger partial charge on any atom is -0.467 e. The highest BCUT2D eigenvalue weighted by molar-refractivity contribution is 7.10. The van der Waals surface area contributed by atoms with Crippen LogP contribution in [0.4, 0.5) is 13.2 Å². The molecule has 1 amide bonds. The van der Waals surface area contributed by atoms with E-state index in [0.717, 1.165) is 12.1 Å². The average Bonchev–Trinajstić information content (AvgIpc) is 3.24. The molecule has 0 aliphatic rings. The van der Waals surface area contributed by atoms with Gasteiger partial charge in [-0.2, -0.15) is 13.2 Å². The molecule has 0 radical (unpaired) electrons. The fraction of sp³-hybridized carbons (Fsp3) is 0.176. The number of furan rings is 1. The van der Waals surface area contributed by atoms with Crippen molar-refractivity contribution in [3.05, 3.63) is 64.4 Å². The van der Waals surface area contributed by atoms with Gasteiger partial charge < -0.3 is 9.73 Å². The number of carbonyl (C=O) groups excluding carboxylic acids is 1. The molecule has 0 saturated heterocycles. The summed E-state index contributed by atoms with van der Waals surface area (Å²) in [7, 11) is 0. The lowest BCUT2D eigenvalue weighted by Crippen LogP contribution is -2.24. The fourth-order valence-electron chi connectivity index (χ4n) is 2.18. The van der Waals surface area contributed by atoms with Crippen molar-refractivity contribution in [1.29, 1.82) is 0 Å². The summed E-state index contributed by atoms with van der Waals surface area (Å²) in [5, 5.41) is 4.87. The summed E-state index contributed by atoms with van der Waals surface area (Å²) in [6, 6.07) is 8.44. The molecule has 0 unspecified atom stereocenters. The summed E-state index contributed by atoms with van der Waals surface area (Å²) in [6.07, 6.45) is -2.82. The Morgan fingerprint density at radius 2 is 2.08 bits per heavy atom. The van der Waals surface area contributed by atoms with Crippen LogP contribution in [0.25, 0.3) is 11.3 Å². The molecule has 2 aromatic heterocycles. The van der Waals surface area contributed by atoms with E-state index in [2.05, 4.69) is 10.3 Å². The van der Waals surface area contributed by atoms with E-state index in [4.69, 9.17) is 4.42 Å². The molecule has 4 nitrogen and oxygen atoms in total. The Morgan fingerprint density at radius 1 is 1.24 bits per heavy atom. The molecule has 0 fully saturated rings. The molecule has 1 aromatic carbocycles. The van der Waals surface area contributed by atoms with Gasteiger partial charge in [0.05, 0.1) is 30.5 Å². The summed E-state index contributed by atoms with van der Waals surface area (Å²) in [6.45, 7) is 0.275. The molecule has 3 rings (SSSR count). The smallest absolute Gasteiger partial charge is 0.416 e. The van der Waals surface area contributed by atoms with Gasteiger partial charge in [-0.05, 0) is 24.3 Å². The van der Waals surface area contributed by atoms with E-state index in [1.54, 1.807) is 23.6 Å². The predicted molar refractivity (Wildman–Crippen MR) is 86.8 cm³/mol. The lowest BCUT2D eigenvalue weighted by Gasteiger charge is -2.07. The topological polar surface area (TPSA) is 55.1 Å². The van der Waals surface area contributed by atoms with E-state index < -0.39 is 11.7 Å². The predicted octanol–water partition coefficient (Wildman–Crippen LogP) is 4.28. The van der Waals surface area contributed by atoms with E-state index in [1.807, 2.05) is 0 Å². The van der Waals surface area contributed by atoms with Gasteiger partial charge in [-0.1, -0.05) is 12.1 Å². The minimum atomic E-state index is -4.40. The highest BCUT2D eigenvalue weighted by atomic mass is 32.1. The molecule has 0 aliphatic heterocycles. The number of nitrogens with one attached hydrogen (secondary N) is 1. The lowest BCUT2D eigenvalue weighted by atomic mass is 10.1. The fourth-order valence-corrected chi connectivity index (χ4v) is 2.98. The van der Waals surface area contributed by atoms with Crippen molar-refractivity contribution in [1.82, 2.24) is 10.3 Å². The van der Waals surface area contributed by atoms with E-state index in [0.29, 0.717) is 22.0 Å². The SMILES string of the molecule is O=C(Cc1nc(-c2cccc(C(F)(F)F)c2)cs1)NCc1ccco1. The third-order valence-corrected chi connectivity index (χ3v) is 4.24. The number of benzene rings is 1. The molecule has 8 heteroatoms. The van der Waals surface area contributed by atoms with Crippen LogP contribution in [-0.4, -0.2) is 10.9 Å². The third kappa shape index (κ3) is 4.48. The third-order valence-electron chi connectivity index (χ3n) is 3.39. The van der Waals surface area contributed by atoms with Crippen LogP contribution >= 0.6 is 11.3 Å². The molecule has 0 aliphatic carbocycles. The first-order valence-corrected chi connectivity index (χ1v) is 8.21. The van der Waals surface area contributed by atoms with Gasteiger partial charge in [0.2, 0.25) is 5.91 Å². The Morgan fingerprint density at radius 3 is 2.80 bits per heavy atom. The number of amides is 1. The standard InChI is InChI=1S/C17H13F3N2O2S/c18-17(19,20)12-4-1-3-11(7-12)14-10-25-16(22-14)8-15(23)21-9-13-5-2-6-24-13/h1-7,10H,8-9H2,(H,21,23). The van der Waals surface area contributed by atoms with Crippen molar-refractivity contribution >= 4 is 17.2 Å². The molecule has 0 bridgehead atoms. The maximum Gasteiger partial charge on any atom is 0.416 e. The lowest BCUT2D eigenvalue weighted by molar-refractivity contribution is -0.137. The molecular formula is C17H13F3N2O2S. The maximum absolute atomic E-state index is 12.8. The van der Waals surface area contributed by atoms with Crippen molar-refractivity contribution in [2.24, 2.45) is 0 Å². The van der Waals surface area contributed by atoms with E-state index in [9.17, 15) is 18.0 Å². The van der Waals surface area contributed by atoms with E-state index >= 15 is 0 Å². The largest absolute Gasteiger partial charge is 0.467 e. The highest BCUT2D eigenvalue weighted by Crippen LogP contribution is 2.32. The first kappa shape index (κ1) is 17.2. The summed E-state index contributed by atoms with van der Waals surface area (Å²) < 4.78 is 43.5. The van der Waals surface area contributed by atoms with Crippen molar-refractivity contribution in [3.8, 4) is 11.3 Å². The number of nitrogens with zero attached hydrogens (tertiary/aromatic N) is 1. The molecule has 1 N–H and O–H groups in total. The second-order valence-corrected chi connectivity index (χ2v) is 6.18. The second kappa shape index (κ2) is 7.10. The Hall–Kier alpha value is -2.61. The number of alkyl halides is 3. The zero-order valence-corrected chi connectivity index (χ0v) is 13.7. The number of thiazole rings is 1. The Bertz CT molecular complexity index is 857. The monoisotopic (exact) mass is 366 g/mol. The quantitative estimate of drug-likeness (QED) is 0.733. The minimum absolute atomic E-state index is 0.0599. The van der Waals surface area contributed by atoms with Gasteiger partial charge in [-0.3, -0.25) is 4.79 Å². The Balaban J connectivity index is 1.65. The van der Waals surface area contributed by atoms with Crippen LogP contribution in [0.5, 0.6) is 0 Å². The van der Waals surface area contributed by atoms with Gasteiger partial charge in [0.25, 0.3) is 0 Å². The van der Waals surface area contributed by atoms with Gasteiger partial charge in [-0.15, -0.1) is 11.3 Å². The molecule has 2 heterocycles. The summed E-state index contributed by atoms with van der Waals surface area (Å²) in [5.41, 5.74) is 0.0639. The first-order valence-electron chi connectivity index (χ1n) is 7.33. The van der Waals surface area contributed by atoms with Crippen molar-refractivity contribution in [2.75, 3.05) is 0 Å². The van der Waals surface area contributed by atoms with E-state index in [-0.39, 0.29) is 18.9 Å². The van der Waals surface area contributed by atoms with Gasteiger partial charge in [-0.25, -0.2) is 4.98 Å². The average molecular weight is 366 g/mol. The van der Waals surface area contributed by atoms with Crippen molar-refractivity contribution in [3.63, 3.8) is 0 Å². The highest BCUT2D eigenvalue weighted by Gasteiger charge is 2.30. The van der Waals surface area contributed by atoms with Crippen LogP contribution in [0.3, 0.4) is 0 Å². The second-order valence-electron chi connectivity index (χ2n) is 5.24. The number of hydrogen-bond donors (Lipinski definition) is 1. The molecule has 3 aromatic rings. The molecule has 0 spiro atoms. The Kier molecular flexibility index (Phi) is 4.89. The number of carbonyl (C=O) groups is 1. The van der Waals surface area contributed by atoms with Crippen LogP contribution in [-0.2, 0) is 23.9 Å².